The second kappa shape index (κ2) is 9.29. The number of nitrogens with zero attached hydrogens (tertiary/aromatic N) is 3. The number of thiazole rings is 1. The zero-order chi connectivity index (χ0) is 20.8. The van der Waals surface area contributed by atoms with Crippen LogP contribution in [-0.4, -0.2) is 22.0 Å². The van der Waals surface area contributed by atoms with Crippen LogP contribution < -0.4 is 9.54 Å². The van der Waals surface area contributed by atoms with Gasteiger partial charge in [0.25, 0.3) is 11.6 Å². The fraction of sp³-hybridized carbons (Fsp3) is 0.238. The zero-order valence-electron chi connectivity index (χ0n) is 16.0. The Morgan fingerprint density at radius 1 is 1.34 bits per heavy atom. The summed E-state index contributed by atoms with van der Waals surface area (Å²) in [5.41, 5.74) is 1.19. The number of rotatable bonds is 8. The Kier molecular flexibility index (Phi) is 6.56. The van der Waals surface area contributed by atoms with Gasteiger partial charge in [-0.25, -0.2) is 0 Å². The predicted molar refractivity (Wildman–Crippen MR) is 113 cm³/mol. The van der Waals surface area contributed by atoms with E-state index >= 15 is 0 Å². The lowest BCUT2D eigenvalue weighted by molar-refractivity contribution is -0.384. The number of allylic oxidation sites excluding steroid dienone is 1. The highest BCUT2D eigenvalue weighted by Gasteiger charge is 2.13. The highest BCUT2D eigenvalue weighted by molar-refractivity contribution is 7.16. The maximum atomic E-state index is 12.7. The Bertz CT molecular complexity index is 1130. The van der Waals surface area contributed by atoms with Gasteiger partial charge >= 0.3 is 0 Å². The number of benzene rings is 2. The number of fused-ring (bicyclic) bond motifs is 1. The molecule has 3 rings (SSSR count). The van der Waals surface area contributed by atoms with E-state index in [1.54, 1.807) is 30.3 Å². The van der Waals surface area contributed by atoms with Crippen molar-refractivity contribution in [3.63, 3.8) is 0 Å². The van der Waals surface area contributed by atoms with E-state index in [9.17, 15) is 14.9 Å². The molecule has 0 saturated carbocycles. The van der Waals surface area contributed by atoms with Gasteiger partial charge in [-0.05, 0) is 30.7 Å². The van der Waals surface area contributed by atoms with Crippen LogP contribution in [-0.2, 0) is 6.54 Å². The van der Waals surface area contributed by atoms with Crippen molar-refractivity contribution in [2.45, 2.75) is 26.3 Å². The smallest absolute Gasteiger partial charge is 0.279 e. The van der Waals surface area contributed by atoms with E-state index < -0.39 is 10.8 Å². The number of nitro groups is 1. The first-order chi connectivity index (χ1) is 14.0. The molecule has 8 heteroatoms. The molecule has 0 spiro atoms. The molecule has 0 aliphatic carbocycles. The van der Waals surface area contributed by atoms with E-state index in [2.05, 4.69) is 18.5 Å². The first-order valence-electron chi connectivity index (χ1n) is 9.24. The molecule has 0 unspecified atom stereocenters. The minimum Gasteiger partial charge on any atom is -0.494 e. The third-order valence-corrected chi connectivity index (χ3v) is 5.27. The van der Waals surface area contributed by atoms with Crippen LogP contribution in [0.3, 0.4) is 0 Å². The molecule has 0 N–H and O–H groups in total. The molecule has 0 radical (unpaired) electrons. The maximum absolute atomic E-state index is 12.7. The van der Waals surface area contributed by atoms with Gasteiger partial charge < -0.3 is 9.30 Å². The van der Waals surface area contributed by atoms with Gasteiger partial charge in [0.05, 0.1) is 21.7 Å². The molecule has 0 aliphatic rings. The molecule has 0 aliphatic heterocycles. The van der Waals surface area contributed by atoms with Crippen molar-refractivity contribution in [1.82, 2.24) is 4.57 Å². The summed E-state index contributed by atoms with van der Waals surface area (Å²) in [5.74, 6) is 0.232. The number of aromatic nitrogens is 1. The van der Waals surface area contributed by atoms with E-state index in [0.29, 0.717) is 34.0 Å². The van der Waals surface area contributed by atoms with Gasteiger partial charge in [0.1, 0.15) is 5.75 Å². The molecule has 1 heterocycles. The summed E-state index contributed by atoms with van der Waals surface area (Å²) in [7, 11) is 0. The molecule has 0 saturated heterocycles. The summed E-state index contributed by atoms with van der Waals surface area (Å²) in [6.07, 6.45) is 3.67. The van der Waals surface area contributed by atoms with Crippen molar-refractivity contribution >= 4 is 33.1 Å². The van der Waals surface area contributed by atoms with Crippen LogP contribution in [0.2, 0.25) is 0 Å². The Hall–Kier alpha value is -3.26. The standard InChI is InChI=1S/C21H21N3O4S/c1-3-5-12-28-17-8-6-7-15(13-17)20(25)22-21-23(11-4-2)18-10-9-16(24(26)27)14-19(18)29-21/h4,6-10,13-14H,2-3,5,11-12H2,1H3. The number of carbonyl (C=O) groups excluding carboxylic acids is 1. The van der Waals surface area contributed by atoms with Gasteiger partial charge in [-0.2, -0.15) is 4.99 Å². The van der Waals surface area contributed by atoms with Crippen LogP contribution in [0.25, 0.3) is 10.2 Å². The van der Waals surface area contributed by atoms with Crippen molar-refractivity contribution in [2.24, 2.45) is 4.99 Å². The lowest BCUT2D eigenvalue weighted by atomic mass is 10.2. The molecule has 0 bridgehead atoms. The van der Waals surface area contributed by atoms with E-state index in [4.69, 9.17) is 4.74 Å². The lowest BCUT2D eigenvalue weighted by Gasteiger charge is -2.06. The fourth-order valence-electron chi connectivity index (χ4n) is 2.77. The number of carbonyl (C=O) groups is 1. The molecular formula is C21H21N3O4S. The Morgan fingerprint density at radius 2 is 2.17 bits per heavy atom. The third kappa shape index (κ3) is 4.78. The highest BCUT2D eigenvalue weighted by atomic mass is 32.1. The van der Waals surface area contributed by atoms with Crippen LogP contribution in [0.1, 0.15) is 30.1 Å². The molecule has 7 nitrogen and oxygen atoms in total. The van der Waals surface area contributed by atoms with Crippen molar-refractivity contribution in [3.05, 3.63) is 75.6 Å². The first-order valence-corrected chi connectivity index (χ1v) is 10.1. The van der Waals surface area contributed by atoms with Crippen molar-refractivity contribution < 1.29 is 14.5 Å². The minimum atomic E-state index is -0.441. The van der Waals surface area contributed by atoms with Gasteiger partial charge in [0.2, 0.25) is 0 Å². The van der Waals surface area contributed by atoms with Crippen molar-refractivity contribution in [2.75, 3.05) is 6.61 Å². The van der Waals surface area contributed by atoms with Crippen molar-refractivity contribution in [1.29, 1.82) is 0 Å². The molecule has 1 amide bonds. The summed E-state index contributed by atoms with van der Waals surface area (Å²) < 4.78 is 8.16. The molecule has 2 aromatic carbocycles. The lowest BCUT2D eigenvalue weighted by Crippen LogP contribution is -2.16. The summed E-state index contributed by atoms with van der Waals surface area (Å²) in [5, 5.41) is 11.0. The number of nitro benzene ring substituents is 1. The molecular weight excluding hydrogens is 390 g/mol. The number of ether oxygens (including phenoxy) is 1. The van der Waals surface area contributed by atoms with Gasteiger partial charge in [-0.1, -0.05) is 36.8 Å². The Labute approximate surface area is 171 Å². The quantitative estimate of drug-likeness (QED) is 0.232. The topological polar surface area (TPSA) is 86.7 Å². The number of hydrogen-bond donors (Lipinski definition) is 0. The highest BCUT2D eigenvalue weighted by Crippen LogP contribution is 2.23. The minimum absolute atomic E-state index is 0.000640. The first kappa shape index (κ1) is 20.5. The number of non-ortho nitro benzene ring substituents is 1. The fourth-order valence-corrected chi connectivity index (χ4v) is 3.84. The average Bonchev–Trinajstić information content (AvgIpc) is 3.05. The Morgan fingerprint density at radius 3 is 2.90 bits per heavy atom. The van der Waals surface area contributed by atoms with Crippen LogP contribution in [0.15, 0.2) is 60.1 Å². The molecule has 29 heavy (non-hydrogen) atoms. The van der Waals surface area contributed by atoms with E-state index in [1.165, 1.54) is 23.5 Å². The van der Waals surface area contributed by atoms with E-state index in [1.807, 2.05) is 10.6 Å². The molecule has 3 aromatic rings. The summed E-state index contributed by atoms with van der Waals surface area (Å²) in [6.45, 7) is 6.86. The molecule has 0 atom stereocenters. The third-order valence-electron chi connectivity index (χ3n) is 4.23. The monoisotopic (exact) mass is 411 g/mol. The van der Waals surface area contributed by atoms with Crippen molar-refractivity contribution in [3.8, 4) is 5.75 Å². The van der Waals surface area contributed by atoms with Gasteiger partial charge in [-0.15, -0.1) is 6.58 Å². The summed E-state index contributed by atoms with van der Waals surface area (Å²) >= 11 is 1.23. The SMILES string of the molecule is C=CCn1c(=NC(=O)c2cccc(OCCCC)c2)sc2cc([N+](=O)[O-])ccc21. The van der Waals surface area contributed by atoms with Gasteiger partial charge in [0.15, 0.2) is 4.80 Å². The second-order valence-electron chi connectivity index (χ2n) is 6.34. The van der Waals surface area contributed by atoms with Gasteiger partial charge in [0, 0.05) is 24.2 Å². The van der Waals surface area contributed by atoms with Gasteiger partial charge in [-0.3, -0.25) is 14.9 Å². The van der Waals surface area contributed by atoms with Crippen LogP contribution in [0.4, 0.5) is 5.69 Å². The second-order valence-corrected chi connectivity index (χ2v) is 7.35. The van der Waals surface area contributed by atoms with E-state index in [-0.39, 0.29) is 5.69 Å². The predicted octanol–water partition coefficient (Wildman–Crippen LogP) is 4.72. The maximum Gasteiger partial charge on any atom is 0.279 e. The summed E-state index contributed by atoms with van der Waals surface area (Å²) in [4.78, 5) is 28.1. The van der Waals surface area contributed by atoms with Crippen LogP contribution in [0, 0.1) is 10.1 Å². The molecule has 1 aromatic heterocycles. The molecule has 150 valence electrons. The number of amides is 1. The summed E-state index contributed by atoms with van der Waals surface area (Å²) in [6, 6.07) is 11.5. The number of unbranched alkanes of at least 4 members (excludes halogenated alkanes) is 1. The number of hydrogen-bond acceptors (Lipinski definition) is 5. The van der Waals surface area contributed by atoms with E-state index in [0.717, 1.165) is 18.4 Å². The zero-order valence-corrected chi connectivity index (χ0v) is 16.9. The normalized spacial score (nSPS) is 11.6. The van der Waals surface area contributed by atoms with Crippen LogP contribution >= 0.6 is 11.3 Å². The van der Waals surface area contributed by atoms with Crippen LogP contribution in [0.5, 0.6) is 5.75 Å². The largest absolute Gasteiger partial charge is 0.494 e. The average molecular weight is 411 g/mol. The molecule has 0 fully saturated rings. The Balaban J connectivity index is 1.99.